The minimum absolute atomic E-state index is 0.0724. The largest absolute Gasteiger partial charge is 0.396 e. The van der Waals surface area contributed by atoms with E-state index in [2.05, 4.69) is 4.90 Å². The van der Waals surface area contributed by atoms with Crippen molar-refractivity contribution in [1.82, 2.24) is 0 Å². The lowest BCUT2D eigenvalue weighted by atomic mass is 9.95. The molecule has 1 heterocycles. The second-order valence-electron chi connectivity index (χ2n) is 4.77. The molecule has 0 aliphatic carbocycles. The zero-order chi connectivity index (χ0) is 14.0. The number of amides is 2. The van der Waals surface area contributed by atoms with Gasteiger partial charge in [0.25, 0.3) is 5.91 Å². The average molecular weight is 262 g/mol. The number of carbonyl (C=O) groups is 2. The minimum atomic E-state index is -0.536. The molecule has 1 aromatic carbocycles. The van der Waals surface area contributed by atoms with Gasteiger partial charge in [0.05, 0.1) is 16.9 Å². The summed E-state index contributed by atoms with van der Waals surface area (Å²) in [6.07, 6.45) is 1.41. The fourth-order valence-electron chi connectivity index (χ4n) is 2.45. The van der Waals surface area contributed by atoms with Crippen molar-refractivity contribution in [3.63, 3.8) is 0 Å². The Hall–Kier alpha value is -2.24. The number of hydrogen-bond acceptors (Lipinski definition) is 4. The topological polar surface area (TPSA) is 115 Å². The molecule has 0 spiro atoms. The Labute approximate surface area is 111 Å². The first kappa shape index (κ1) is 13.2. The molecule has 1 aliphatic rings. The fourth-order valence-corrected chi connectivity index (χ4v) is 2.45. The van der Waals surface area contributed by atoms with E-state index in [0.717, 1.165) is 5.69 Å². The van der Waals surface area contributed by atoms with Crippen LogP contribution in [-0.2, 0) is 4.79 Å². The number of nitrogen functional groups attached to an aromatic ring is 1. The van der Waals surface area contributed by atoms with Gasteiger partial charge in [-0.05, 0) is 25.0 Å². The molecule has 19 heavy (non-hydrogen) atoms. The Bertz CT molecular complexity index is 507. The van der Waals surface area contributed by atoms with Gasteiger partial charge in [-0.15, -0.1) is 0 Å². The summed E-state index contributed by atoms with van der Waals surface area (Å²) in [6.45, 7) is 1.39. The number of hydrogen-bond donors (Lipinski definition) is 3. The van der Waals surface area contributed by atoms with Crippen molar-refractivity contribution in [3.8, 4) is 0 Å². The number of para-hydroxylation sites is 1. The van der Waals surface area contributed by atoms with Crippen LogP contribution >= 0.6 is 0 Å². The lowest BCUT2D eigenvalue weighted by Crippen LogP contribution is -2.39. The predicted octanol–water partition coefficient (Wildman–Crippen LogP) is 0.0694. The Kier molecular flexibility index (Phi) is 3.59. The summed E-state index contributed by atoms with van der Waals surface area (Å²) in [5.41, 5.74) is 18.1. The van der Waals surface area contributed by atoms with Crippen LogP contribution in [0.15, 0.2) is 18.2 Å². The lowest BCUT2D eigenvalue weighted by Gasteiger charge is -2.33. The summed E-state index contributed by atoms with van der Waals surface area (Å²) in [4.78, 5) is 24.4. The van der Waals surface area contributed by atoms with Gasteiger partial charge in [0.2, 0.25) is 5.91 Å². The number of nitrogens with zero attached hydrogens (tertiary/aromatic N) is 1. The van der Waals surface area contributed by atoms with Gasteiger partial charge in [-0.3, -0.25) is 9.59 Å². The number of anilines is 2. The van der Waals surface area contributed by atoms with Crippen molar-refractivity contribution in [2.75, 3.05) is 23.7 Å². The van der Waals surface area contributed by atoms with Gasteiger partial charge in [0.15, 0.2) is 0 Å². The first-order chi connectivity index (χ1) is 9.00. The molecule has 0 unspecified atom stereocenters. The Morgan fingerprint density at radius 3 is 2.32 bits per heavy atom. The van der Waals surface area contributed by atoms with E-state index >= 15 is 0 Å². The standard InChI is InChI=1S/C13H18N4O2/c14-11-9(13(16)19)2-1-3-10(11)17-6-4-8(5-7-17)12(15)18/h1-3,8H,4-7,14H2,(H2,15,18)(H2,16,19). The molecule has 0 atom stereocenters. The maximum Gasteiger partial charge on any atom is 0.250 e. The SMILES string of the molecule is NC(=O)c1cccc(N2CCC(C(N)=O)CC2)c1N. The molecule has 102 valence electrons. The number of rotatable bonds is 3. The zero-order valence-corrected chi connectivity index (χ0v) is 10.6. The van der Waals surface area contributed by atoms with Gasteiger partial charge in [-0.25, -0.2) is 0 Å². The molecule has 1 saturated heterocycles. The van der Waals surface area contributed by atoms with Crippen molar-refractivity contribution in [2.45, 2.75) is 12.8 Å². The van der Waals surface area contributed by atoms with E-state index in [9.17, 15) is 9.59 Å². The Morgan fingerprint density at radius 1 is 1.16 bits per heavy atom. The summed E-state index contributed by atoms with van der Waals surface area (Å²) in [6, 6.07) is 5.22. The molecule has 6 N–H and O–H groups in total. The lowest BCUT2D eigenvalue weighted by molar-refractivity contribution is -0.122. The number of benzene rings is 1. The fraction of sp³-hybridized carbons (Fsp3) is 0.385. The van der Waals surface area contributed by atoms with Gasteiger partial charge >= 0.3 is 0 Å². The van der Waals surface area contributed by atoms with Crippen LogP contribution in [0.4, 0.5) is 11.4 Å². The van der Waals surface area contributed by atoms with E-state index in [-0.39, 0.29) is 11.8 Å². The molecule has 2 amide bonds. The van der Waals surface area contributed by atoms with Crippen LogP contribution < -0.4 is 22.1 Å². The smallest absolute Gasteiger partial charge is 0.250 e. The second-order valence-corrected chi connectivity index (χ2v) is 4.77. The average Bonchev–Trinajstić information content (AvgIpc) is 2.38. The number of nitrogens with two attached hydrogens (primary N) is 3. The van der Waals surface area contributed by atoms with Gasteiger partial charge in [-0.1, -0.05) is 6.07 Å². The molecule has 0 radical (unpaired) electrons. The van der Waals surface area contributed by atoms with E-state index in [1.54, 1.807) is 12.1 Å². The van der Waals surface area contributed by atoms with Crippen LogP contribution in [-0.4, -0.2) is 24.9 Å². The van der Waals surface area contributed by atoms with Crippen molar-refractivity contribution < 1.29 is 9.59 Å². The van der Waals surface area contributed by atoms with E-state index in [0.29, 0.717) is 37.2 Å². The highest BCUT2D eigenvalue weighted by molar-refractivity contribution is 6.00. The quantitative estimate of drug-likeness (QED) is 0.668. The van der Waals surface area contributed by atoms with Gasteiger partial charge in [-0.2, -0.15) is 0 Å². The van der Waals surface area contributed by atoms with E-state index < -0.39 is 5.91 Å². The molecular formula is C13H18N4O2. The molecule has 0 bridgehead atoms. The number of primary amides is 2. The third kappa shape index (κ3) is 2.62. The Balaban J connectivity index is 2.18. The summed E-state index contributed by atoms with van der Waals surface area (Å²) in [5, 5.41) is 0. The molecule has 2 rings (SSSR count). The van der Waals surface area contributed by atoms with Crippen LogP contribution in [0.1, 0.15) is 23.2 Å². The zero-order valence-electron chi connectivity index (χ0n) is 10.6. The molecule has 6 heteroatoms. The monoisotopic (exact) mass is 262 g/mol. The van der Waals surface area contributed by atoms with Crippen molar-refractivity contribution in [2.24, 2.45) is 17.4 Å². The third-order valence-electron chi connectivity index (χ3n) is 3.59. The molecule has 6 nitrogen and oxygen atoms in total. The third-order valence-corrected chi connectivity index (χ3v) is 3.59. The van der Waals surface area contributed by atoms with Crippen LogP contribution in [0, 0.1) is 5.92 Å². The summed E-state index contributed by atoms with van der Waals surface area (Å²) in [5.74, 6) is -0.860. The van der Waals surface area contributed by atoms with E-state index in [4.69, 9.17) is 17.2 Å². The molecule has 1 aliphatic heterocycles. The first-order valence-electron chi connectivity index (χ1n) is 6.23. The first-order valence-corrected chi connectivity index (χ1v) is 6.23. The van der Waals surface area contributed by atoms with Crippen molar-refractivity contribution in [3.05, 3.63) is 23.8 Å². The number of piperidine rings is 1. The van der Waals surface area contributed by atoms with Crippen molar-refractivity contribution in [1.29, 1.82) is 0 Å². The normalized spacial score (nSPS) is 16.3. The van der Waals surface area contributed by atoms with Gasteiger partial charge in [0, 0.05) is 19.0 Å². The highest BCUT2D eigenvalue weighted by Crippen LogP contribution is 2.30. The van der Waals surface area contributed by atoms with E-state index in [1.807, 2.05) is 6.07 Å². The second kappa shape index (κ2) is 5.17. The van der Waals surface area contributed by atoms with Crippen LogP contribution in [0.2, 0.25) is 0 Å². The Morgan fingerprint density at radius 2 is 1.79 bits per heavy atom. The predicted molar refractivity (Wildman–Crippen MR) is 73.5 cm³/mol. The van der Waals surface area contributed by atoms with Crippen LogP contribution in [0.25, 0.3) is 0 Å². The highest BCUT2D eigenvalue weighted by atomic mass is 16.1. The minimum Gasteiger partial charge on any atom is -0.396 e. The maximum absolute atomic E-state index is 11.3. The molecule has 0 aromatic heterocycles. The summed E-state index contributed by atoms with van der Waals surface area (Å²) >= 11 is 0. The van der Waals surface area contributed by atoms with Gasteiger partial charge < -0.3 is 22.1 Å². The summed E-state index contributed by atoms with van der Waals surface area (Å²) in [7, 11) is 0. The van der Waals surface area contributed by atoms with E-state index in [1.165, 1.54) is 0 Å². The summed E-state index contributed by atoms with van der Waals surface area (Å²) < 4.78 is 0. The highest BCUT2D eigenvalue weighted by Gasteiger charge is 2.24. The number of carbonyl (C=O) groups excluding carboxylic acids is 2. The molecule has 1 fully saturated rings. The van der Waals surface area contributed by atoms with Crippen molar-refractivity contribution >= 4 is 23.2 Å². The van der Waals surface area contributed by atoms with Crippen LogP contribution in [0.5, 0.6) is 0 Å². The van der Waals surface area contributed by atoms with Crippen LogP contribution in [0.3, 0.4) is 0 Å². The molecule has 0 saturated carbocycles. The van der Waals surface area contributed by atoms with Gasteiger partial charge in [0.1, 0.15) is 0 Å². The molecule has 1 aromatic rings. The molecular weight excluding hydrogens is 244 g/mol. The maximum atomic E-state index is 11.3.